The molecular weight excluding hydrogens is 529 g/mol. The van der Waals surface area contributed by atoms with Gasteiger partial charge >= 0.3 is 0 Å². The molecule has 1 saturated carbocycles. The lowest BCUT2D eigenvalue weighted by Crippen LogP contribution is -2.42. The number of carbonyl (C=O) groups excluding carboxylic acids is 1. The number of nitrogen functional groups attached to an aromatic ring is 1. The van der Waals surface area contributed by atoms with Crippen LogP contribution in [0.3, 0.4) is 0 Å². The van der Waals surface area contributed by atoms with Gasteiger partial charge in [0.2, 0.25) is 5.91 Å². The van der Waals surface area contributed by atoms with Crippen molar-refractivity contribution in [1.82, 2.24) is 19.8 Å². The molecule has 212 valence electrons. The van der Waals surface area contributed by atoms with Crippen LogP contribution in [0.15, 0.2) is 58.5 Å². The number of nitrogens with zero attached hydrogens (tertiary/aromatic N) is 3. The van der Waals surface area contributed by atoms with Gasteiger partial charge in [-0.2, -0.15) is 0 Å². The van der Waals surface area contributed by atoms with Gasteiger partial charge < -0.3 is 20.7 Å². The van der Waals surface area contributed by atoms with Crippen LogP contribution in [0.5, 0.6) is 5.75 Å². The van der Waals surface area contributed by atoms with Crippen molar-refractivity contribution in [3.8, 4) is 11.4 Å². The summed E-state index contributed by atoms with van der Waals surface area (Å²) in [5, 5.41) is 4.48. The van der Waals surface area contributed by atoms with E-state index in [0.29, 0.717) is 65.6 Å². The smallest absolute Gasteiger partial charge is 0.264 e. The van der Waals surface area contributed by atoms with E-state index >= 15 is 0 Å². The first-order valence-corrected chi connectivity index (χ1v) is 14.9. The third kappa shape index (κ3) is 6.85. The molecule has 1 aliphatic carbocycles. The van der Waals surface area contributed by atoms with Gasteiger partial charge in [0.05, 0.1) is 35.8 Å². The number of unbranched alkanes of at least 4 members (excludes halogenated alkanes) is 1. The molecule has 8 nitrogen and oxygen atoms in total. The summed E-state index contributed by atoms with van der Waals surface area (Å²) in [6.45, 7) is 2.73. The number of benzene rings is 2. The Morgan fingerprint density at radius 3 is 2.67 bits per heavy atom. The Morgan fingerprint density at radius 2 is 1.93 bits per heavy atom. The molecule has 3 aromatic rings. The minimum atomic E-state index is -0.279. The predicted molar refractivity (Wildman–Crippen MR) is 155 cm³/mol. The van der Waals surface area contributed by atoms with Gasteiger partial charge in [-0.15, -0.1) is 0 Å². The van der Waals surface area contributed by atoms with Gasteiger partial charge in [0.15, 0.2) is 5.16 Å². The van der Waals surface area contributed by atoms with Crippen LogP contribution >= 0.6 is 11.8 Å². The van der Waals surface area contributed by atoms with Gasteiger partial charge in [-0.1, -0.05) is 30.3 Å². The maximum absolute atomic E-state index is 13.8. The summed E-state index contributed by atoms with van der Waals surface area (Å²) in [6, 6.07) is 13.4. The third-order valence-electron chi connectivity index (χ3n) is 7.40. The van der Waals surface area contributed by atoms with Crippen molar-refractivity contribution in [2.75, 3.05) is 32.0 Å². The van der Waals surface area contributed by atoms with Gasteiger partial charge in [-0.05, 0) is 68.6 Å². The Hall–Kier alpha value is -3.37. The summed E-state index contributed by atoms with van der Waals surface area (Å²) in [7, 11) is 0. The summed E-state index contributed by atoms with van der Waals surface area (Å²) in [4.78, 5) is 33.5. The van der Waals surface area contributed by atoms with E-state index in [2.05, 4.69) is 5.32 Å². The highest BCUT2D eigenvalue weighted by Gasteiger charge is 2.29. The molecule has 10 heteroatoms. The summed E-state index contributed by atoms with van der Waals surface area (Å²) >= 11 is 1.66. The van der Waals surface area contributed by atoms with E-state index in [0.717, 1.165) is 37.9 Å². The molecular formula is C30H36FN5O3S. The highest BCUT2D eigenvalue weighted by molar-refractivity contribution is 7.99. The number of nitrogens with two attached hydrogens (primary N) is 1. The average molecular weight is 566 g/mol. The van der Waals surface area contributed by atoms with Crippen molar-refractivity contribution < 1.29 is 13.9 Å². The summed E-state index contributed by atoms with van der Waals surface area (Å²) in [5.74, 6) is 0.403. The number of amides is 1. The van der Waals surface area contributed by atoms with Crippen LogP contribution in [0.25, 0.3) is 5.69 Å². The molecule has 0 spiro atoms. The highest BCUT2D eigenvalue weighted by Crippen LogP contribution is 2.37. The van der Waals surface area contributed by atoms with Crippen LogP contribution in [0.4, 0.5) is 10.1 Å². The van der Waals surface area contributed by atoms with E-state index in [4.69, 9.17) is 15.5 Å². The molecule has 1 amide bonds. The van der Waals surface area contributed by atoms with Gasteiger partial charge in [0.25, 0.3) is 5.56 Å². The maximum Gasteiger partial charge on any atom is 0.264 e. The number of fused-ring (bicyclic) bond motifs is 1. The van der Waals surface area contributed by atoms with Crippen LogP contribution < -0.4 is 21.3 Å². The molecule has 0 saturated heterocycles. The fourth-order valence-electron chi connectivity index (χ4n) is 4.84. The van der Waals surface area contributed by atoms with E-state index in [-0.39, 0.29) is 23.8 Å². The number of carbonyl (C=O) groups is 1. The molecule has 2 heterocycles. The number of anilines is 1. The van der Waals surface area contributed by atoms with Gasteiger partial charge in [-0.3, -0.25) is 14.2 Å². The fourth-order valence-corrected chi connectivity index (χ4v) is 6.16. The third-order valence-corrected chi connectivity index (χ3v) is 8.69. The summed E-state index contributed by atoms with van der Waals surface area (Å²) < 4.78 is 20.2. The number of ether oxygens (including phenoxy) is 1. The first kappa shape index (κ1) is 28.2. The molecule has 1 fully saturated rings. The lowest BCUT2D eigenvalue weighted by molar-refractivity contribution is -0.132. The number of halogens is 1. The largest absolute Gasteiger partial charge is 0.494 e. The van der Waals surface area contributed by atoms with E-state index < -0.39 is 0 Å². The number of aromatic nitrogens is 2. The number of rotatable bonds is 12. The molecule has 0 atom stereocenters. The molecule has 1 aliphatic heterocycles. The highest BCUT2D eigenvalue weighted by atomic mass is 32.2. The Labute approximate surface area is 238 Å². The second kappa shape index (κ2) is 13.3. The number of nitrogens with one attached hydrogen (secondary N) is 1. The minimum absolute atomic E-state index is 0.0240. The maximum atomic E-state index is 13.8. The molecule has 2 aliphatic rings. The number of hydrogen-bond donors (Lipinski definition) is 2. The first-order valence-electron chi connectivity index (χ1n) is 14.0. The number of para-hydroxylation sites is 2. The standard InChI is InChI=1S/C30H36FN5O3S/c31-21-10-12-22(13-11-21)39-19-4-3-16-33-17-14-28(37)35-18-15-26-24(20-35)29(38)36(27-9-2-1-8-25(27)32)30(34-26)40-23-6-5-7-23/h1-2,8-13,23,33H,3-7,14-20,32H2. The summed E-state index contributed by atoms with van der Waals surface area (Å²) in [5.41, 5.74) is 8.67. The molecule has 1 aromatic heterocycles. The number of thioether (sulfide) groups is 1. The van der Waals surface area contributed by atoms with E-state index in [9.17, 15) is 14.0 Å². The van der Waals surface area contributed by atoms with Crippen molar-refractivity contribution in [3.63, 3.8) is 0 Å². The first-order chi connectivity index (χ1) is 19.5. The quantitative estimate of drug-likeness (QED) is 0.192. The van der Waals surface area contributed by atoms with E-state index in [1.54, 1.807) is 39.4 Å². The zero-order chi connectivity index (χ0) is 27.9. The SMILES string of the molecule is Nc1ccccc1-n1c(SC2CCC2)nc2c(c1=O)CN(C(=O)CCNCCCCOc1ccc(F)cc1)CC2. The summed E-state index contributed by atoms with van der Waals surface area (Å²) in [6.07, 6.45) is 6.16. The van der Waals surface area contributed by atoms with Crippen molar-refractivity contribution in [2.24, 2.45) is 0 Å². The lowest BCUT2D eigenvalue weighted by atomic mass is 10.0. The van der Waals surface area contributed by atoms with Crippen LogP contribution in [-0.4, -0.2) is 51.8 Å². The Kier molecular flexibility index (Phi) is 9.38. The van der Waals surface area contributed by atoms with Crippen LogP contribution in [0.2, 0.25) is 0 Å². The topological polar surface area (TPSA) is 102 Å². The molecule has 0 bridgehead atoms. The Balaban J connectivity index is 1.14. The minimum Gasteiger partial charge on any atom is -0.494 e. The Morgan fingerprint density at radius 1 is 1.12 bits per heavy atom. The van der Waals surface area contributed by atoms with E-state index in [1.807, 2.05) is 18.2 Å². The van der Waals surface area contributed by atoms with Gasteiger partial charge in [-0.25, -0.2) is 9.37 Å². The zero-order valence-electron chi connectivity index (χ0n) is 22.6. The van der Waals surface area contributed by atoms with Crippen molar-refractivity contribution >= 4 is 23.4 Å². The molecule has 0 radical (unpaired) electrons. The predicted octanol–water partition coefficient (Wildman–Crippen LogP) is 4.32. The average Bonchev–Trinajstić information content (AvgIpc) is 2.93. The van der Waals surface area contributed by atoms with Crippen LogP contribution in [-0.2, 0) is 17.8 Å². The van der Waals surface area contributed by atoms with Crippen molar-refractivity contribution in [1.29, 1.82) is 0 Å². The van der Waals surface area contributed by atoms with Crippen LogP contribution in [0, 0.1) is 5.82 Å². The molecule has 5 rings (SSSR count). The van der Waals surface area contributed by atoms with Crippen molar-refractivity contribution in [2.45, 2.75) is 61.9 Å². The molecule has 2 aromatic carbocycles. The Bertz CT molecular complexity index is 1380. The second-order valence-electron chi connectivity index (χ2n) is 10.3. The van der Waals surface area contributed by atoms with Gasteiger partial charge in [0.1, 0.15) is 11.6 Å². The monoisotopic (exact) mass is 565 g/mol. The van der Waals surface area contributed by atoms with Crippen molar-refractivity contribution in [3.05, 3.63) is 76.0 Å². The van der Waals surface area contributed by atoms with E-state index in [1.165, 1.54) is 18.6 Å². The molecule has 3 N–H and O–H groups in total. The second-order valence-corrected chi connectivity index (χ2v) is 11.5. The molecule has 40 heavy (non-hydrogen) atoms. The van der Waals surface area contributed by atoms with Gasteiger partial charge in [0, 0.05) is 31.2 Å². The number of hydrogen-bond acceptors (Lipinski definition) is 7. The lowest BCUT2D eigenvalue weighted by Gasteiger charge is -2.30. The fraction of sp³-hybridized carbons (Fsp3) is 0.433. The molecule has 0 unspecified atom stereocenters. The van der Waals surface area contributed by atoms with Crippen LogP contribution in [0.1, 0.15) is 49.8 Å². The zero-order valence-corrected chi connectivity index (χ0v) is 23.4. The normalized spacial score (nSPS) is 15.0.